The van der Waals surface area contributed by atoms with E-state index in [1.807, 2.05) is 45.2 Å². The number of rotatable bonds is 3. The van der Waals surface area contributed by atoms with Gasteiger partial charge >= 0.3 is 0 Å². The number of aryl methyl sites for hydroxylation is 3. The van der Waals surface area contributed by atoms with Crippen LogP contribution in [0.1, 0.15) is 17.7 Å². The maximum absolute atomic E-state index is 12.7. The molecule has 1 aromatic carbocycles. The largest absolute Gasteiger partial charge is 0.431 e. The van der Waals surface area contributed by atoms with E-state index in [-0.39, 0.29) is 11.2 Å². The topological polar surface area (TPSA) is 64.2 Å². The van der Waals surface area contributed by atoms with Gasteiger partial charge in [-0.15, -0.1) is 0 Å². The average molecular weight is 342 g/mol. The fourth-order valence-corrected chi connectivity index (χ4v) is 4.01. The molecule has 4 rings (SSSR count). The molecule has 24 heavy (non-hydrogen) atoms. The molecule has 1 amide bonds. The number of amides is 1. The van der Waals surface area contributed by atoms with Gasteiger partial charge in [0.25, 0.3) is 5.22 Å². The Bertz CT molecular complexity index is 930. The molecule has 0 N–H and O–H groups in total. The van der Waals surface area contributed by atoms with Crippen LogP contribution < -0.4 is 4.90 Å². The number of benzene rings is 1. The lowest BCUT2D eigenvalue weighted by atomic mass is 10.2. The molecular weight excluding hydrogens is 324 g/mol. The highest BCUT2D eigenvalue weighted by molar-refractivity contribution is 8.00. The molecule has 1 aliphatic heterocycles. The second kappa shape index (κ2) is 5.66. The van der Waals surface area contributed by atoms with Crippen molar-refractivity contribution in [3.8, 4) is 0 Å². The number of carbonyl (C=O) groups excluding carboxylic acids is 1. The molecule has 7 heteroatoms. The number of carbonyl (C=O) groups is 1. The van der Waals surface area contributed by atoms with E-state index in [4.69, 9.17) is 4.42 Å². The molecule has 0 aliphatic carbocycles. The Morgan fingerprint density at radius 3 is 2.88 bits per heavy atom. The van der Waals surface area contributed by atoms with Crippen molar-refractivity contribution in [3.05, 3.63) is 35.5 Å². The lowest BCUT2D eigenvalue weighted by Gasteiger charge is -2.15. The highest BCUT2D eigenvalue weighted by Gasteiger charge is 2.35. The predicted molar refractivity (Wildman–Crippen MR) is 93.3 cm³/mol. The number of anilines is 1. The summed E-state index contributed by atoms with van der Waals surface area (Å²) < 4.78 is 7.52. The van der Waals surface area contributed by atoms with Crippen molar-refractivity contribution < 1.29 is 9.21 Å². The first-order valence-corrected chi connectivity index (χ1v) is 8.75. The number of hydrogen-bond acceptors (Lipinski definition) is 5. The van der Waals surface area contributed by atoms with Crippen molar-refractivity contribution in [2.45, 2.75) is 30.7 Å². The van der Waals surface area contributed by atoms with Crippen LogP contribution >= 0.6 is 11.8 Å². The van der Waals surface area contributed by atoms with Gasteiger partial charge in [0.05, 0.1) is 10.9 Å². The van der Waals surface area contributed by atoms with Crippen LogP contribution in [-0.2, 0) is 11.8 Å². The van der Waals surface area contributed by atoms with E-state index in [0.29, 0.717) is 11.8 Å². The smallest absolute Gasteiger partial charge is 0.257 e. The van der Waals surface area contributed by atoms with Crippen LogP contribution in [0.15, 0.2) is 33.9 Å². The van der Waals surface area contributed by atoms with Crippen LogP contribution in [0.25, 0.3) is 11.1 Å². The summed E-state index contributed by atoms with van der Waals surface area (Å²) in [4.78, 5) is 19.0. The lowest BCUT2D eigenvalue weighted by molar-refractivity contribution is -0.116. The van der Waals surface area contributed by atoms with Crippen LogP contribution in [0.5, 0.6) is 0 Å². The Morgan fingerprint density at radius 1 is 1.29 bits per heavy atom. The van der Waals surface area contributed by atoms with E-state index in [1.54, 1.807) is 9.58 Å². The van der Waals surface area contributed by atoms with Gasteiger partial charge in [0.15, 0.2) is 5.58 Å². The Morgan fingerprint density at radius 2 is 2.12 bits per heavy atom. The normalized spacial score (nSPS) is 18.0. The van der Waals surface area contributed by atoms with E-state index in [2.05, 4.69) is 10.1 Å². The summed E-state index contributed by atoms with van der Waals surface area (Å²) in [5.74, 6) is 0.926. The molecule has 124 valence electrons. The zero-order valence-electron chi connectivity index (χ0n) is 13.8. The molecule has 0 spiro atoms. The zero-order chi connectivity index (χ0) is 16.8. The van der Waals surface area contributed by atoms with Gasteiger partial charge in [-0.05, 0) is 38.0 Å². The van der Waals surface area contributed by atoms with Crippen LogP contribution in [-0.4, -0.2) is 32.5 Å². The van der Waals surface area contributed by atoms with Gasteiger partial charge < -0.3 is 4.42 Å². The van der Waals surface area contributed by atoms with Crippen LogP contribution in [0.4, 0.5) is 5.82 Å². The molecule has 3 aromatic rings. The number of oxazole rings is 1. The van der Waals surface area contributed by atoms with E-state index < -0.39 is 0 Å². The van der Waals surface area contributed by atoms with Crippen LogP contribution in [0, 0.1) is 13.8 Å². The van der Waals surface area contributed by atoms with Gasteiger partial charge in [0.2, 0.25) is 5.91 Å². The van der Waals surface area contributed by atoms with Crippen molar-refractivity contribution in [2.24, 2.45) is 7.05 Å². The van der Waals surface area contributed by atoms with Gasteiger partial charge in [0, 0.05) is 19.7 Å². The molecule has 0 saturated carbocycles. The summed E-state index contributed by atoms with van der Waals surface area (Å²) in [6, 6.07) is 7.84. The average Bonchev–Trinajstić information content (AvgIpc) is 3.18. The molecule has 2 aromatic heterocycles. The first kappa shape index (κ1) is 15.3. The maximum atomic E-state index is 12.7. The molecule has 1 aliphatic rings. The van der Waals surface area contributed by atoms with Gasteiger partial charge in [-0.3, -0.25) is 14.4 Å². The summed E-state index contributed by atoms with van der Waals surface area (Å²) in [5.41, 5.74) is 3.64. The van der Waals surface area contributed by atoms with E-state index in [1.165, 1.54) is 11.8 Å². The second-order valence-electron chi connectivity index (χ2n) is 6.10. The van der Waals surface area contributed by atoms with Crippen molar-refractivity contribution in [2.75, 3.05) is 11.4 Å². The van der Waals surface area contributed by atoms with E-state index in [0.717, 1.165) is 34.6 Å². The number of nitrogens with zero attached hydrogens (tertiary/aromatic N) is 4. The third-order valence-corrected chi connectivity index (χ3v) is 5.27. The van der Waals surface area contributed by atoms with Crippen molar-refractivity contribution >= 4 is 34.6 Å². The fraction of sp³-hybridized carbons (Fsp3) is 0.353. The van der Waals surface area contributed by atoms with Crippen LogP contribution in [0.3, 0.4) is 0 Å². The van der Waals surface area contributed by atoms with Crippen LogP contribution in [0.2, 0.25) is 0 Å². The fourth-order valence-electron chi connectivity index (χ4n) is 3.03. The maximum Gasteiger partial charge on any atom is 0.257 e. The second-order valence-corrected chi connectivity index (χ2v) is 7.26. The van der Waals surface area contributed by atoms with Gasteiger partial charge in [-0.2, -0.15) is 5.10 Å². The monoisotopic (exact) mass is 342 g/mol. The van der Waals surface area contributed by atoms with E-state index >= 15 is 0 Å². The zero-order valence-corrected chi connectivity index (χ0v) is 14.6. The standard InChI is InChI=1S/C17H18N4O2S/c1-10-4-5-13-12(8-10)18-17(23-13)24-14-6-7-21(16(14)22)15-9-11(2)19-20(15)3/h4-5,8-9,14H,6-7H2,1-3H3/t14-/m1/s1. The van der Waals surface area contributed by atoms with Crippen molar-refractivity contribution in [1.29, 1.82) is 0 Å². The molecule has 3 heterocycles. The summed E-state index contributed by atoms with van der Waals surface area (Å²) in [5, 5.41) is 4.70. The highest BCUT2D eigenvalue weighted by atomic mass is 32.2. The lowest BCUT2D eigenvalue weighted by Crippen LogP contribution is -2.29. The molecule has 0 bridgehead atoms. The number of fused-ring (bicyclic) bond motifs is 1. The Hall–Kier alpha value is -2.28. The summed E-state index contributed by atoms with van der Waals surface area (Å²) in [6.07, 6.45) is 0.769. The molecule has 1 saturated heterocycles. The quantitative estimate of drug-likeness (QED) is 0.732. The molecule has 0 unspecified atom stereocenters. The summed E-state index contributed by atoms with van der Waals surface area (Å²) in [6.45, 7) is 4.64. The minimum Gasteiger partial charge on any atom is -0.431 e. The van der Waals surface area contributed by atoms with Gasteiger partial charge in [-0.1, -0.05) is 17.8 Å². The molecule has 1 atom stereocenters. The summed E-state index contributed by atoms with van der Waals surface area (Å²) in [7, 11) is 1.86. The molecule has 6 nitrogen and oxygen atoms in total. The highest BCUT2D eigenvalue weighted by Crippen LogP contribution is 2.34. The third kappa shape index (κ3) is 2.58. The SMILES string of the molecule is Cc1ccc2oc(S[C@@H]3CCN(c4cc(C)nn4C)C3=O)nc2c1. The minimum absolute atomic E-state index is 0.0847. The van der Waals surface area contributed by atoms with Gasteiger partial charge in [0.1, 0.15) is 11.3 Å². The number of aromatic nitrogens is 3. The number of thioether (sulfide) groups is 1. The minimum atomic E-state index is -0.172. The Kier molecular flexibility index (Phi) is 3.60. The first-order valence-electron chi connectivity index (χ1n) is 7.87. The Balaban J connectivity index is 1.54. The van der Waals surface area contributed by atoms with Gasteiger partial charge in [-0.25, -0.2) is 4.98 Å². The van der Waals surface area contributed by atoms with Crippen molar-refractivity contribution in [1.82, 2.24) is 14.8 Å². The summed E-state index contributed by atoms with van der Waals surface area (Å²) >= 11 is 1.40. The predicted octanol–water partition coefficient (Wildman–Crippen LogP) is 3.08. The van der Waals surface area contributed by atoms with Crippen molar-refractivity contribution in [3.63, 3.8) is 0 Å². The Labute approximate surface area is 143 Å². The molecular formula is C17H18N4O2S. The third-order valence-electron chi connectivity index (χ3n) is 4.18. The first-order chi connectivity index (χ1) is 11.5. The molecule has 1 fully saturated rings. The molecule has 0 radical (unpaired) electrons. The van der Waals surface area contributed by atoms with E-state index in [9.17, 15) is 4.79 Å². The number of hydrogen-bond donors (Lipinski definition) is 0.